The van der Waals surface area contributed by atoms with Gasteiger partial charge in [0.15, 0.2) is 0 Å². The van der Waals surface area contributed by atoms with Crippen LogP contribution in [0.4, 0.5) is 5.69 Å². The molecule has 2 bridgehead atoms. The van der Waals surface area contributed by atoms with Gasteiger partial charge in [0.2, 0.25) is 10.0 Å². The number of fused-ring (bicyclic) bond motifs is 2. The molecular weight excluding hydrogens is 326 g/mol. The Balaban J connectivity index is 1.68. The van der Waals surface area contributed by atoms with E-state index in [4.69, 9.17) is 0 Å². The summed E-state index contributed by atoms with van der Waals surface area (Å²) in [5.41, 5.74) is 1.62. The molecule has 0 saturated carbocycles. The van der Waals surface area contributed by atoms with Crippen LogP contribution in [0, 0.1) is 0 Å². The third kappa shape index (κ3) is 3.42. The molecule has 2 heterocycles. The van der Waals surface area contributed by atoms with E-state index < -0.39 is 10.0 Å². The van der Waals surface area contributed by atoms with E-state index in [0.29, 0.717) is 18.4 Å². The average Bonchev–Trinajstić information content (AvgIpc) is 2.80. The van der Waals surface area contributed by atoms with Crippen LogP contribution in [-0.4, -0.2) is 57.1 Å². The van der Waals surface area contributed by atoms with Crippen LogP contribution >= 0.6 is 0 Å². The maximum absolute atomic E-state index is 12.5. The molecule has 24 heavy (non-hydrogen) atoms. The third-order valence-corrected chi connectivity index (χ3v) is 6.37. The minimum absolute atomic E-state index is 0.0251. The van der Waals surface area contributed by atoms with Crippen molar-refractivity contribution in [3.05, 3.63) is 29.8 Å². The normalized spacial score (nSPS) is 27.0. The van der Waals surface area contributed by atoms with Crippen molar-refractivity contribution < 1.29 is 13.2 Å². The van der Waals surface area contributed by atoms with Gasteiger partial charge in [0.05, 0.1) is 6.26 Å². The summed E-state index contributed by atoms with van der Waals surface area (Å²) in [4.78, 5) is 14.5. The van der Waals surface area contributed by atoms with Gasteiger partial charge in [-0.15, -0.1) is 0 Å². The van der Waals surface area contributed by atoms with Crippen LogP contribution in [0.5, 0.6) is 0 Å². The summed E-state index contributed by atoms with van der Waals surface area (Å²) >= 11 is 0. The zero-order chi connectivity index (χ0) is 17.5. The first-order valence-corrected chi connectivity index (χ1v) is 10.2. The molecule has 2 aliphatic heterocycles. The minimum Gasteiger partial charge on any atom is -0.378 e. The van der Waals surface area contributed by atoms with Crippen LogP contribution in [0.3, 0.4) is 0 Å². The fourth-order valence-electron chi connectivity index (χ4n) is 3.99. The molecule has 2 fully saturated rings. The van der Waals surface area contributed by atoms with Crippen molar-refractivity contribution in [1.29, 1.82) is 0 Å². The summed E-state index contributed by atoms with van der Waals surface area (Å²) in [6.45, 7) is 0. The van der Waals surface area contributed by atoms with E-state index in [1.807, 2.05) is 43.3 Å². The molecule has 0 radical (unpaired) electrons. The number of carbonyl (C=O) groups is 1. The van der Waals surface area contributed by atoms with Crippen LogP contribution in [0.15, 0.2) is 24.3 Å². The number of hydrogen-bond acceptors (Lipinski definition) is 4. The summed E-state index contributed by atoms with van der Waals surface area (Å²) in [7, 11) is 0.714. The first kappa shape index (κ1) is 17.2. The van der Waals surface area contributed by atoms with Gasteiger partial charge in [-0.25, -0.2) is 8.42 Å². The predicted octanol–water partition coefficient (Wildman–Crippen LogP) is 1.44. The average molecular weight is 351 g/mol. The highest BCUT2D eigenvalue weighted by Crippen LogP contribution is 2.37. The summed E-state index contributed by atoms with van der Waals surface area (Å²) in [6, 6.07) is 7.60. The number of carbonyl (C=O) groups excluding carboxylic acids is 1. The molecule has 1 aromatic rings. The largest absolute Gasteiger partial charge is 0.378 e. The molecule has 2 saturated heterocycles. The molecule has 1 N–H and O–H groups in total. The number of nitrogens with one attached hydrogen (secondary N) is 1. The molecule has 1 aromatic carbocycles. The maximum Gasteiger partial charge on any atom is 0.251 e. The van der Waals surface area contributed by atoms with Gasteiger partial charge >= 0.3 is 0 Å². The molecule has 0 aromatic heterocycles. The number of piperidine rings is 1. The summed E-state index contributed by atoms with van der Waals surface area (Å²) in [6.07, 6.45) is 4.45. The van der Waals surface area contributed by atoms with E-state index in [-0.39, 0.29) is 24.0 Å². The Bertz CT molecular complexity index is 718. The lowest BCUT2D eigenvalue weighted by atomic mass is 9.99. The van der Waals surface area contributed by atoms with Crippen LogP contribution < -0.4 is 10.2 Å². The van der Waals surface area contributed by atoms with Gasteiger partial charge in [0, 0.05) is 43.5 Å². The number of benzene rings is 1. The summed E-state index contributed by atoms with van der Waals surface area (Å²) in [5.74, 6) is -0.0871. The number of amides is 1. The summed E-state index contributed by atoms with van der Waals surface area (Å²) in [5, 5.41) is 3.10. The Labute approximate surface area is 143 Å². The molecule has 3 rings (SSSR count). The van der Waals surface area contributed by atoms with Crippen molar-refractivity contribution in [2.45, 2.75) is 43.8 Å². The SMILES string of the molecule is CN(C)c1cccc(C(=O)NC2CC3CCC(C2)N3S(C)(=O)=O)c1. The Morgan fingerprint density at radius 3 is 2.38 bits per heavy atom. The second kappa shape index (κ2) is 6.37. The van der Waals surface area contributed by atoms with E-state index in [1.165, 1.54) is 6.26 Å². The van der Waals surface area contributed by atoms with Crippen LogP contribution in [0.1, 0.15) is 36.0 Å². The molecule has 7 heteroatoms. The Hall–Kier alpha value is -1.60. The first-order valence-electron chi connectivity index (χ1n) is 8.32. The Kier molecular flexibility index (Phi) is 4.57. The van der Waals surface area contributed by atoms with Crippen molar-refractivity contribution in [1.82, 2.24) is 9.62 Å². The van der Waals surface area contributed by atoms with E-state index in [0.717, 1.165) is 18.5 Å². The van der Waals surface area contributed by atoms with Gasteiger partial charge in [-0.05, 0) is 43.9 Å². The molecule has 2 aliphatic rings. The number of nitrogens with zero attached hydrogens (tertiary/aromatic N) is 2. The third-order valence-electron chi connectivity index (χ3n) is 5.01. The lowest BCUT2D eigenvalue weighted by Crippen LogP contribution is -2.52. The zero-order valence-electron chi connectivity index (χ0n) is 14.4. The van der Waals surface area contributed by atoms with Crippen LogP contribution in [-0.2, 0) is 10.0 Å². The summed E-state index contributed by atoms with van der Waals surface area (Å²) < 4.78 is 25.5. The van der Waals surface area contributed by atoms with Gasteiger partial charge in [-0.2, -0.15) is 4.31 Å². The van der Waals surface area contributed by atoms with Crippen LogP contribution in [0.2, 0.25) is 0 Å². The lowest BCUT2D eigenvalue weighted by molar-refractivity contribution is 0.0909. The number of rotatable bonds is 4. The van der Waals surface area contributed by atoms with E-state index >= 15 is 0 Å². The van der Waals surface area contributed by atoms with Crippen molar-refractivity contribution in [3.63, 3.8) is 0 Å². The standard InChI is InChI=1S/C17H25N3O3S/c1-19(2)14-6-4-5-12(9-14)17(21)18-13-10-15-7-8-16(11-13)20(15)24(3,22)23/h4-6,9,13,15-16H,7-8,10-11H2,1-3H3,(H,18,21). The highest BCUT2D eigenvalue weighted by Gasteiger charge is 2.45. The number of sulfonamides is 1. The number of hydrogen-bond donors (Lipinski definition) is 1. The molecule has 0 spiro atoms. The fraction of sp³-hybridized carbons (Fsp3) is 0.588. The predicted molar refractivity (Wildman–Crippen MR) is 94.8 cm³/mol. The molecular formula is C17H25N3O3S. The van der Waals surface area contributed by atoms with Gasteiger partial charge in [0.1, 0.15) is 0 Å². The first-order chi connectivity index (χ1) is 11.3. The lowest BCUT2D eigenvalue weighted by Gasteiger charge is -2.37. The molecule has 6 nitrogen and oxygen atoms in total. The monoisotopic (exact) mass is 351 g/mol. The van der Waals surface area contributed by atoms with Crippen molar-refractivity contribution in [3.8, 4) is 0 Å². The molecule has 0 aliphatic carbocycles. The highest BCUT2D eigenvalue weighted by atomic mass is 32.2. The van der Waals surface area contributed by atoms with Gasteiger partial charge in [-0.1, -0.05) is 6.07 Å². The second-order valence-corrected chi connectivity index (χ2v) is 8.95. The van der Waals surface area contributed by atoms with Gasteiger partial charge in [0.25, 0.3) is 5.91 Å². The maximum atomic E-state index is 12.5. The molecule has 132 valence electrons. The fourth-order valence-corrected chi connectivity index (χ4v) is 5.45. The molecule has 2 unspecified atom stereocenters. The second-order valence-electron chi connectivity index (χ2n) is 7.06. The van der Waals surface area contributed by atoms with Crippen molar-refractivity contribution in [2.75, 3.05) is 25.3 Å². The molecule has 1 amide bonds. The van der Waals surface area contributed by atoms with Crippen LogP contribution in [0.25, 0.3) is 0 Å². The minimum atomic E-state index is -3.17. The smallest absolute Gasteiger partial charge is 0.251 e. The van der Waals surface area contributed by atoms with Gasteiger partial charge < -0.3 is 10.2 Å². The van der Waals surface area contributed by atoms with Crippen molar-refractivity contribution >= 4 is 21.6 Å². The Morgan fingerprint density at radius 2 is 1.83 bits per heavy atom. The number of anilines is 1. The van der Waals surface area contributed by atoms with E-state index in [2.05, 4.69) is 5.32 Å². The molecule has 2 atom stereocenters. The van der Waals surface area contributed by atoms with E-state index in [1.54, 1.807) is 4.31 Å². The zero-order valence-corrected chi connectivity index (χ0v) is 15.2. The van der Waals surface area contributed by atoms with E-state index in [9.17, 15) is 13.2 Å². The topological polar surface area (TPSA) is 69.7 Å². The highest BCUT2D eigenvalue weighted by molar-refractivity contribution is 7.88. The van der Waals surface area contributed by atoms with Crippen molar-refractivity contribution in [2.24, 2.45) is 0 Å². The Morgan fingerprint density at radius 1 is 1.21 bits per heavy atom. The quantitative estimate of drug-likeness (QED) is 0.891. The van der Waals surface area contributed by atoms with Gasteiger partial charge in [-0.3, -0.25) is 4.79 Å².